The van der Waals surface area contributed by atoms with E-state index in [-0.39, 0.29) is 6.04 Å². The van der Waals surface area contributed by atoms with Crippen molar-refractivity contribution < 1.29 is 4.74 Å². The molecule has 7 nitrogen and oxygen atoms in total. The van der Waals surface area contributed by atoms with Crippen LogP contribution in [0.3, 0.4) is 0 Å². The molecular formula is C17H24N6OS. The predicted octanol–water partition coefficient (Wildman–Crippen LogP) is 2.59. The van der Waals surface area contributed by atoms with Crippen molar-refractivity contribution in [3.63, 3.8) is 0 Å². The lowest BCUT2D eigenvalue weighted by atomic mass is 10.1. The number of aromatic nitrogens is 4. The highest BCUT2D eigenvalue weighted by molar-refractivity contribution is 7.10. The largest absolute Gasteiger partial charge is 0.377 e. The highest BCUT2D eigenvalue weighted by Crippen LogP contribution is 2.28. The minimum atomic E-state index is 0.271. The molecule has 3 rings (SSSR count). The van der Waals surface area contributed by atoms with Gasteiger partial charge in [-0.25, -0.2) is 9.97 Å². The third-order valence-corrected chi connectivity index (χ3v) is 5.32. The summed E-state index contributed by atoms with van der Waals surface area (Å²) in [5.41, 5.74) is 2.12. The standard InChI is InChI=1S/C17H24N6OS/c1-11-6-7-25-15(11)13(22(2)3)9-18-16-12-8-19-23(4)17(12)21-14(20-16)10-24-5/h6-8,13H,9-10H2,1-5H3,(H,18,20,21)/t13-/m0/s1. The fourth-order valence-electron chi connectivity index (χ4n) is 2.82. The molecule has 0 aliphatic carbocycles. The Labute approximate surface area is 151 Å². The molecule has 0 radical (unpaired) electrons. The minimum absolute atomic E-state index is 0.271. The van der Waals surface area contributed by atoms with Crippen LogP contribution in [0.15, 0.2) is 17.6 Å². The zero-order chi connectivity index (χ0) is 18.0. The molecule has 134 valence electrons. The van der Waals surface area contributed by atoms with Crippen molar-refractivity contribution in [3.05, 3.63) is 33.9 Å². The lowest BCUT2D eigenvalue weighted by molar-refractivity contribution is 0.178. The number of ether oxygens (including phenoxy) is 1. The lowest BCUT2D eigenvalue weighted by Gasteiger charge is -2.25. The molecule has 3 aromatic heterocycles. The van der Waals surface area contributed by atoms with Crippen molar-refractivity contribution in [1.29, 1.82) is 0 Å². The van der Waals surface area contributed by atoms with Gasteiger partial charge in [-0.3, -0.25) is 4.68 Å². The summed E-state index contributed by atoms with van der Waals surface area (Å²) in [5, 5.41) is 10.9. The summed E-state index contributed by atoms with van der Waals surface area (Å²) < 4.78 is 6.96. The van der Waals surface area contributed by atoms with Crippen LogP contribution in [0.5, 0.6) is 0 Å². The maximum atomic E-state index is 5.20. The zero-order valence-corrected chi connectivity index (χ0v) is 16.1. The van der Waals surface area contributed by atoms with E-state index in [1.165, 1.54) is 10.4 Å². The molecule has 0 aliphatic heterocycles. The summed E-state index contributed by atoms with van der Waals surface area (Å²) >= 11 is 1.79. The maximum Gasteiger partial charge on any atom is 0.163 e. The van der Waals surface area contributed by atoms with Crippen molar-refractivity contribution in [3.8, 4) is 0 Å². The Kier molecular flexibility index (Phi) is 5.31. The summed E-state index contributed by atoms with van der Waals surface area (Å²) in [7, 11) is 7.72. The first-order chi connectivity index (χ1) is 12.0. The second-order valence-electron chi connectivity index (χ2n) is 6.26. The highest BCUT2D eigenvalue weighted by atomic mass is 32.1. The van der Waals surface area contributed by atoms with Gasteiger partial charge < -0.3 is 15.0 Å². The van der Waals surface area contributed by atoms with Gasteiger partial charge in [0.05, 0.1) is 17.6 Å². The molecule has 3 heterocycles. The lowest BCUT2D eigenvalue weighted by Crippen LogP contribution is -2.27. The smallest absolute Gasteiger partial charge is 0.163 e. The number of anilines is 1. The van der Waals surface area contributed by atoms with Crippen LogP contribution in [0.1, 0.15) is 22.3 Å². The van der Waals surface area contributed by atoms with Gasteiger partial charge in [-0.1, -0.05) is 0 Å². The van der Waals surface area contributed by atoms with Gasteiger partial charge in [0.25, 0.3) is 0 Å². The second-order valence-corrected chi connectivity index (χ2v) is 7.20. The Balaban J connectivity index is 1.90. The van der Waals surface area contributed by atoms with Gasteiger partial charge in [0, 0.05) is 25.6 Å². The maximum absolute atomic E-state index is 5.20. The molecule has 3 aromatic rings. The number of nitrogens with one attached hydrogen (secondary N) is 1. The van der Waals surface area contributed by atoms with E-state index in [1.54, 1.807) is 29.3 Å². The number of hydrogen-bond donors (Lipinski definition) is 1. The van der Waals surface area contributed by atoms with Gasteiger partial charge in [-0.05, 0) is 38.0 Å². The van der Waals surface area contributed by atoms with E-state index in [9.17, 15) is 0 Å². The minimum Gasteiger partial charge on any atom is -0.377 e. The Morgan fingerprint density at radius 1 is 1.36 bits per heavy atom. The number of nitrogens with zero attached hydrogens (tertiary/aromatic N) is 5. The van der Waals surface area contributed by atoms with E-state index in [0.29, 0.717) is 12.4 Å². The number of rotatable bonds is 7. The van der Waals surface area contributed by atoms with Crippen molar-refractivity contribution in [2.24, 2.45) is 7.05 Å². The van der Waals surface area contributed by atoms with Gasteiger partial charge in [0.15, 0.2) is 11.5 Å². The molecule has 8 heteroatoms. The molecule has 0 bridgehead atoms. The molecule has 1 N–H and O–H groups in total. The zero-order valence-electron chi connectivity index (χ0n) is 15.3. The molecule has 0 fully saturated rings. The quantitative estimate of drug-likeness (QED) is 0.698. The van der Waals surface area contributed by atoms with E-state index >= 15 is 0 Å². The van der Waals surface area contributed by atoms with Crippen LogP contribution in [0.25, 0.3) is 11.0 Å². The molecule has 1 atom stereocenters. The van der Waals surface area contributed by atoms with Crippen LogP contribution in [0, 0.1) is 6.92 Å². The van der Waals surface area contributed by atoms with Crippen LogP contribution < -0.4 is 5.32 Å². The Morgan fingerprint density at radius 2 is 2.16 bits per heavy atom. The summed E-state index contributed by atoms with van der Waals surface area (Å²) in [6, 6.07) is 2.43. The van der Waals surface area contributed by atoms with Crippen molar-refractivity contribution in [2.75, 3.05) is 33.1 Å². The van der Waals surface area contributed by atoms with E-state index in [1.807, 2.05) is 7.05 Å². The van der Waals surface area contributed by atoms with Gasteiger partial charge in [-0.2, -0.15) is 5.10 Å². The fraction of sp³-hybridized carbons (Fsp3) is 0.471. The Morgan fingerprint density at radius 3 is 2.80 bits per heavy atom. The SMILES string of the molecule is COCc1nc(NC[C@@H](c2sccc2C)N(C)C)c2cnn(C)c2n1. The number of methoxy groups -OCH3 is 1. The van der Waals surface area contributed by atoms with Gasteiger partial charge >= 0.3 is 0 Å². The average molecular weight is 360 g/mol. The fourth-order valence-corrected chi connectivity index (χ4v) is 3.95. The van der Waals surface area contributed by atoms with Crippen molar-refractivity contribution >= 4 is 28.2 Å². The first-order valence-electron chi connectivity index (χ1n) is 8.13. The van der Waals surface area contributed by atoms with Gasteiger partial charge in [0.2, 0.25) is 0 Å². The summed E-state index contributed by atoms with van der Waals surface area (Å²) in [5.74, 6) is 1.45. The van der Waals surface area contributed by atoms with Crippen molar-refractivity contribution in [1.82, 2.24) is 24.6 Å². The number of fused-ring (bicyclic) bond motifs is 1. The molecule has 0 aliphatic rings. The summed E-state index contributed by atoms with van der Waals surface area (Å²) in [6.45, 7) is 3.28. The van der Waals surface area contributed by atoms with Crippen molar-refractivity contribution in [2.45, 2.75) is 19.6 Å². The van der Waals surface area contributed by atoms with Crippen LogP contribution in [-0.4, -0.2) is 52.4 Å². The first-order valence-corrected chi connectivity index (χ1v) is 9.01. The molecular weight excluding hydrogens is 336 g/mol. The molecule has 0 saturated heterocycles. The van der Waals surface area contributed by atoms with E-state index in [2.05, 4.69) is 57.7 Å². The van der Waals surface area contributed by atoms with E-state index in [4.69, 9.17) is 4.74 Å². The van der Waals surface area contributed by atoms with Crippen LogP contribution in [0.2, 0.25) is 0 Å². The average Bonchev–Trinajstić information content (AvgIpc) is 3.15. The second kappa shape index (κ2) is 7.47. The van der Waals surface area contributed by atoms with Gasteiger partial charge in [-0.15, -0.1) is 11.3 Å². The molecule has 25 heavy (non-hydrogen) atoms. The number of aryl methyl sites for hydroxylation is 2. The predicted molar refractivity (Wildman–Crippen MR) is 101 cm³/mol. The highest BCUT2D eigenvalue weighted by Gasteiger charge is 2.19. The monoisotopic (exact) mass is 360 g/mol. The molecule has 0 amide bonds. The van der Waals surface area contributed by atoms with Crippen LogP contribution >= 0.6 is 11.3 Å². The number of thiophene rings is 1. The Hall–Kier alpha value is -2.03. The number of hydrogen-bond acceptors (Lipinski definition) is 7. The summed E-state index contributed by atoms with van der Waals surface area (Å²) in [6.07, 6.45) is 1.80. The first kappa shape index (κ1) is 17.8. The molecule has 0 unspecified atom stereocenters. The molecule has 0 aromatic carbocycles. The third kappa shape index (κ3) is 3.65. The number of likely N-dealkylation sites (N-methyl/N-ethyl adjacent to an activating group) is 1. The van der Waals surface area contributed by atoms with Gasteiger partial charge in [0.1, 0.15) is 12.4 Å². The van der Waals surface area contributed by atoms with Crippen LogP contribution in [0.4, 0.5) is 5.82 Å². The molecule has 0 spiro atoms. The van der Waals surface area contributed by atoms with Crippen LogP contribution in [-0.2, 0) is 18.4 Å². The third-order valence-electron chi connectivity index (χ3n) is 4.20. The summed E-state index contributed by atoms with van der Waals surface area (Å²) in [4.78, 5) is 12.7. The van der Waals surface area contributed by atoms with E-state index in [0.717, 1.165) is 23.4 Å². The normalized spacial score (nSPS) is 12.9. The molecule has 0 saturated carbocycles. The Bertz CT molecular complexity index is 856. The topological polar surface area (TPSA) is 68.1 Å². The van der Waals surface area contributed by atoms with E-state index < -0.39 is 0 Å².